The van der Waals surface area contributed by atoms with Crippen LogP contribution in [0.15, 0.2) is 132 Å². The van der Waals surface area contributed by atoms with Gasteiger partial charge in [-0.05, 0) is 110 Å². The molecule has 0 aliphatic heterocycles. The minimum absolute atomic E-state index is 0.0255. The second kappa shape index (κ2) is 12.7. The quantitative estimate of drug-likeness (QED) is 0.199. The molecule has 54 heavy (non-hydrogen) atoms. The highest BCUT2D eigenvalue weighted by atomic mass is 32.2. The summed E-state index contributed by atoms with van der Waals surface area (Å²) >= 11 is 0. The molecule has 13 nitrogen and oxygen atoms in total. The third kappa shape index (κ3) is 5.78. The van der Waals surface area contributed by atoms with Gasteiger partial charge in [0.05, 0.1) is 49.8 Å². The average Bonchev–Trinajstić information content (AvgIpc) is 3.54. The van der Waals surface area contributed by atoms with E-state index in [2.05, 4.69) is 0 Å². The molecule has 5 aromatic carbocycles. The number of rotatable bonds is 9. The fourth-order valence-electron chi connectivity index (χ4n) is 6.02. The van der Waals surface area contributed by atoms with Gasteiger partial charge in [-0.1, -0.05) is 6.07 Å². The number of hydrogen-bond donors (Lipinski definition) is 1. The molecule has 2 aromatic heterocycles. The zero-order valence-corrected chi connectivity index (χ0v) is 29.4. The fraction of sp³-hybridized carbons (Fsp3) is 0.0811. The molecule has 0 radical (unpaired) electrons. The Morgan fingerprint density at radius 1 is 0.574 bits per heavy atom. The van der Waals surface area contributed by atoms with Crippen molar-refractivity contribution in [2.45, 2.75) is 22.0 Å². The standard InChI is InChI=1S/C37H24F2N2O11S2/c1-20-3-14-27(17-32(20)37(38,39)54(48,49)50)53(46,47)26-15-12-25(13-16-26)52-24-10-6-22(7-11-24)41-35(44)30-18-28-29(19-31(30)36(41)45)34(43)40(33(28)42)21-4-8-23(51-2)9-5-21/h3-19H,1-2H3,(H,48,49,50). The highest BCUT2D eigenvalue weighted by Gasteiger charge is 2.47. The van der Waals surface area contributed by atoms with Gasteiger partial charge in [0.25, 0.3) is 22.2 Å². The van der Waals surface area contributed by atoms with Crippen LogP contribution in [-0.2, 0) is 25.2 Å². The molecule has 0 bridgehead atoms. The summed E-state index contributed by atoms with van der Waals surface area (Å²) in [6.45, 7) is 1.14. The number of hydrogen-bond acceptors (Lipinski definition) is 10. The van der Waals surface area contributed by atoms with E-state index in [1.807, 2.05) is 0 Å². The lowest BCUT2D eigenvalue weighted by molar-refractivity contribution is 0.0780. The zero-order valence-electron chi connectivity index (χ0n) is 27.8. The molecular formula is C37H24F2N2O11S2. The molecule has 1 N–H and O–H groups in total. The Bertz CT molecular complexity index is 3020. The summed E-state index contributed by atoms with van der Waals surface area (Å²) in [4.78, 5) is 52.5. The third-order valence-electron chi connectivity index (χ3n) is 8.84. The Morgan fingerprint density at radius 2 is 0.963 bits per heavy atom. The number of ether oxygens (including phenoxy) is 2. The van der Waals surface area contributed by atoms with Crippen LogP contribution in [0.5, 0.6) is 17.2 Å². The van der Waals surface area contributed by atoms with Crippen molar-refractivity contribution in [1.82, 2.24) is 9.13 Å². The van der Waals surface area contributed by atoms with Crippen molar-refractivity contribution in [2.24, 2.45) is 0 Å². The molecule has 0 unspecified atom stereocenters. The van der Waals surface area contributed by atoms with Crippen molar-refractivity contribution < 1.29 is 39.6 Å². The molecule has 0 atom stereocenters. The molecule has 0 aliphatic rings. The number of methoxy groups -OCH3 is 1. The van der Waals surface area contributed by atoms with Crippen LogP contribution < -0.4 is 31.7 Å². The number of nitrogens with zero attached hydrogens (tertiary/aromatic N) is 2. The highest BCUT2D eigenvalue weighted by Crippen LogP contribution is 2.37. The van der Waals surface area contributed by atoms with Crippen LogP contribution in [-0.4, -0.2) is 37.6 Å². The number of halogens is 2. The molecule has 2 heterocycles. The molecule has 0 amide bonds. The average molecular weight is 775 g/mol. The van der Waals surface area contributed by atoms with Crippen LogP contribution in [0.3, 0.4) is 0 Å². The molecule has 7 rings (SSSR count). The maximum absolute atomic E-state index is 14.4. The first-order valence-electron chi connectivity index (χ1n) is 15.6. The number of benzene rings is 5. The first-order chi connectivity index (χ1) is 25.4. The molecule has 0 fully saturated rings. The molecule has 0 aliphatic carbocycles. The van der Waals surface area contributed by atoms with Gasteiger partial charge in [0.15, 0.2) is 0 Å². The van der Waals surface area contributed by atoms with Crippen LogP contribution in [0.25, 0.3) is 32.9 Å². The number of aryl methyl sites for hydroxylation is 1. The van der Waals surface area contributed by atoms with Crippen molar-refractivity contribution in [3.8, 4) is 28.6 Å². The summed E-state index contributed by atoms with van der Waals surface area (Å²) in [5.41, 5.74) is -3.74. The van der Waals surface area contributed by atoms with Crippen LogP contribution in [0.1, 0.15) is 11.1 Å². The van der Waals surface area contributed by atoms with E-state index >= 15 is 0 Å². The number of sulfone groups is 1. The lowest BCUT2D eigenvalue weighted by atomic mass is 10.1. The van der Waals surface area contributed by atoms with Crippen LogP contribution in [0.4, 0.5) is 8.78 Å². The second-order valence-corrected chi connectivity index (χ2v) is 15.5. The maximum atomic E-state index is 14.4. The van der Waals surface area contributed by atoms with E-state index in [1.165, 1.54) is 67.8 Å². The predicted molar refractivity (Wildman–Crippen MR) is 193 cm³/mol. The Morgan fingerprint density at radius 3 is 1.37 bits per heavy atom. The SMILES string of the molecule is COc1ccc(-n2c(=O)c3cc4c(=O)n(-c5ccc(Oc6ccc(S(=O)(=O)c7ccc(C)c(C(F)(F)S(=O)(=O)O)c7)cc6)cc5)c(=O)c4cc3c2=O)cc1. The van der Waals surface area contributed by atoms with Crippen molar-refractivity contribution in [1.29, 1.82) is 0 Å². The highest BCUT2D eigenvalue weighted by molar-refractivity contribution is 7.91. The van der Waals surface area contributed by atoms with Gasteiger partial charge in [-0.3, -0.25) is 23.7 Å². The number of alkyl halides is 2. The summed E-state index contributed by atoms with van der Waals surface area (Å²) in [7, 11) is -8.84. The van der Waals surface area contributed by atoms with Gasteiger partial charge in [-0.15, -0.1) is 0 Å². The largest absolute Gasteiger partial charge is 0.497 e. The summed E-state index contributed by atoms with van der Waals surface area (Å²) in [5.74, 6) is 0.888. The molecule has 17 heteroatoms. The van der Waals surface area contributed by atoms with E-state index in [4.69, 9.17) is 14.0 Å². The van der Waals surface area contributed by atoms with Gasteiger partial charge >= 0.3 is 15.4 Å². The Hall–Kier alpha value is -6.30. The van der Waals surface area contributed by atoms with E-state index in [0.29, 0.717) is 11.8 Å². The summed E-state index contributed by atoms with van der Waals surface area (Å²) in [5, 5.41) is -4.91. The Kier molecular flexibility index (Phi) is 8.47. The maximum Gasteiger partial charge on any atom is 0.395 e. The molecule has 7 aromatic rings. The number of aromatic nitrogens is 2. The van der Waals surface area contributed by atoms with Gasteiger partial charge in [0.1, 0.15) is 17.2 Å². The number of fused-ring (bicyclic) bond motifs is 2. The van der Waals surface area contributed by atoms with Gasteiger partial charge < -0.3 is 9.47 Å². The van der Waals surface area contributed by atoms with Gasteiger partial charge in [0, 0.05) is 5.56 Å². The smallest absolute Gasteiger partial charge is 0.395 e. The van der Waals surface area contributed by atoms with Crippen LogP contribution in [0.2, 0.25) is 0 Å². The molecule has 0 saturated carbocycles. The van der Waals surface area contributed by atoms with Crippen LogP contribution >= 0.6 is 0 Å². The third-order valence-corrected chi connectivity index (χ3v) is 11.5. The van der Waals surface area contributed by atoms with Gasteiger partial charge in [0.2, 0.25) is 9.84 Å². The van der Waals surface area contributed by atoms with Gasteiger partial charge in [-0.2, -0.15) is 17.2 Å². The lowest BCUT2D eigenvalue weighted by Crippen LogP contribution is -2.26. The van der Waals surface area contributed by atoms with Gasteiger partial charge in [-0.25, -0.2) is 17.6 Å². The zero-order chi connectivity index (χ0) is 38.9. The van der Waals surface area contributed by atoms with E-state index < -0.39 is 57.9 Å². The molecule has 274 valence electrons. The van der Waals surface area contributed by atoms with Crippen molar-refractivity contribution in [2.75, 3.05) is 7.11 Å². The van der Waals surface area contributed by atoms with E-state index in [9.17, 15) is 44.8 Å². The summed E-state index contributed by atoms with van der Waals surface area (Å²) < 4.78 is 99.6. The first-order valence-corrected chi connectivity index (χ1v) is 18.5. The predicted octanol–water partition coefficient (Wildman–Crippen LogP) is 4.77. The van der Waals surface area contributed by atoms with E-state index in [-0.39, 0.29) is 54.9 Å². The normalized spacial score (nSPS) is 12.4. The minimum Gasteiger partial charge on any atom is -0.497 e. The fourth-order valence-corrected chi connectivity index (χ4v) is 7.80. The summed E-state index contributed by atoms with van der Waals surface area (Å²) in [6.07, 6.45) is 0. The molecule has 0 saturated heterocycles. The van der Waals surface area contributed by atoms with Crippen molar-refractivity contribution in [3.05, 3.63) is 156 Å². The monoisotopic (exact) mass is 774 g/mol. The van der Waals surface area contributed by atoms with E-state index in [0.717, 1.165) is 40.3 Å². The molecular weight excluding hydrogens is 751 g/mol. The van der Waals surface area contributed by atoms with E-state index in [1.54, 1.807) is 12.1 Å². The topological polar surface area (TPSA) is 185 Å². The minimum atomic E-state index is -5.89. The second-order valence-electron chi connectivity index (χ2n) is 12.1. The summed E-state index contributed by atoms with van der Waals surface area (Å²) in [6, 6.07) is 21.8. The molecule has 0 spiro atoms. The lowest BCUT2D eigenvalue weighted by Gasteiger charge is -2.17. The van der Waals surface area contributed by atoms with Crippen LogP contribution in [0, 0.1) is 6.92 Å². The first kappa shape index (κ1) is 36.1. The van der Waals surface area contributed by atoms with Crippen molar-refractivity contribution in [3.63, 3.8) is 0 Å². The Balaban J connectivity index is 1.14. The van der Waals surface area contributed by atoms with Crippen molar-refractivity contribution >= 4 is 41.5 Å². The Labute approximate surface area is 302 Å².